The molecule has 0 saturated carbocycles. The molecule has 2 rings (SSSR count). The topological polar surface area (TPSA) is 110 Å². The summed E-state index contributed by atoms with van der Waals surface area (Å²) < 4.78 is 32.1. The number of carbonyl (C=O) groups is 1. The summed E-state index contributed by atoms with van der Waals surface area (Å²) in [5.74, 6) is -1.17. The van der Waals surface area contributed by atoms with Crippen molar-refractivity contribution < 1.29 is 22.8 Å². The Bertz CT molecular complexity index is 865. The molecule has 0 amide bonds. The predicted octanol–water partition coefficient (Wildman–Crippen LogP) is 2.53. The van der Waals surface area contributed by atoms with Crippen molar-refractivity contribution in [2.45, 2.75) is 44.9 Å². The highest BCUT2D eigenvalue weighted by atomic mass is 32.2. The van der Waals surface area contributed by atoms with E-state index in [2.05, 4.69) is 9.88 Å². The highest BCUT2D eigenvalue weighted by Crippen LogP contribution is 2.23. The summed E-state index contributed by atoms with van der Waals surface area (Å²) >= 11 is 0. The van der Waals surface area contributed by atoms with Crippen molar-refractivity contribution >= 4 is 16.0 Å². The van der Waals surface area contributed by atoms with Crippen molar-refractivity contribution in [3.63, 3.8) is 0 Å². The fraction of sp³-hybridized carbons (Fsp3) is 0.412. The van der Waals surface area contributed by atoms with E-state index in [-0.39, 0.29) is 11.1 Å². The van der Waals surface area contributed by atoms with Crippen LogP contribution in [0.2, 0.25) is 0 Å². The van der Waals surface area contributed by atoms with Crippen LogP contribution in [0.4, 0.5) is 0 Å². The molecule has 8 heteroatoms. The monoisotopic (exact) mass is 366 g/mol. The average molecular weight is 366 g/mol. The molecule has 1 aromatic carbocycles. The molecule has 2 aromatic rings. The third-order valence-corrected chi connectivity index (χ3v) is 4.83. The van der Waals surface area contributed by atoms with Gasteiger partial charge in [0.2, 0.25) is 10.0 Å². The van der Waals surface area contributed by atoms with E-state index in [0.29, 0.717) is 11.3 Å². The Kier molecular flexibility index (Phi) is 5.34. The Morgan fingerprint density at radius 1 is 1.32 bits per heavy atom. The largest absolute Gasteiger partial charge is 0.480 e. The highest BCUT2D eigenvalue weighted by molar-refractivity contribution is 7.88. The Morgan fingerprint density at radius 2 is 2.00 bits per heavy atom. The maximum absolute atomic E-state index is 12.4. The lowest BCUT2D eigenvalue weighted by Crippen LogP contribution is -2.34. The molecule has 7 nitrogen and oxygen atoms in total. The van der Waals surface area contributed by atoms with Crippen LogP contribution in [0.25, 0.3) is 0 Å². The quantitative estimate of drug-likeness (QED) is 0.813. The number of nitrogens with zero attached hydrogens (tertiary/aromatic N) is 1. The molecule has 0 aliphatic carbocycles. The third-order valence-electron chi connectivity index (χ3n) is 3.56. The van der Waals surface area contributed by atoms with Crippen LogP contribution in [0.5, 0.6) is 0 Å². The lowest BCUT2D eigenvalue weighted by molar-refractivity contribution is -0.139. The van der Waals surface area contributed by atoms with Crippen LogP contribution in [-0.4, -0.2) is 24.7 Å². The number of nitrogens with one attached hydrogen (secondary N) is 1. The molecule has 1 atom stereocenters. The Hall–Kier alpha value is -2.19. The summed E-state index contributed by atoms with van der Waals surface area (Å²) in [6, 6.07) is 6.90. The first-order valence-electron chi connectivity index (χ1n) is 7.73. The standard InChI is InChI=1S/C17H22N2O5S/c1-11-6-5-7-12(8-11)15(16(20)21)19-25(22,23)10-13-9-14(24-18-13)17(2,3)4/h5-9,15,19H,10H2,1-4H3,(H,20,21). The zero-order valence-electron chi connectivity index (χ0n) is 14.6. The molecule has 2 N–H and O–H groups in total. The molecule has 1 unspecified atom stereocenters. The number of carboxylic acid groups (broad SMARTS) is 1. The van der Waals surface area contributed by atoms with E-state index < -0.39 is 27.8 Å². The van der Waals surface area contributed by atoms with Crippen molar-refractivity contribution in [3.05, 3.63) is 52.9 Å². The third kappa shape index (κ3) is 5.14. The van der Waals surface area contributed by atoms with Crippen molar-refractivity contribution in [1.29, 1.82) is 0 Å². The van der Waals surface area contributed by atoms with Gasteiger partial charge in [-0.3, -0.25) is 4.79 Å². The maximum Gasteiger partial charge on any atom is 0.326 e. The minimum Gasteiger partial charge on any atom is -0.480 e. The van der Waals surface area contributed by atoms with Gasteiger partial charge in [-0.1, -0.05) is 55.8 Å². The molecule has 0 radical (unpaired) electrons. The molecular weight excluding hydrogens is 344 g/mol. The fourth-order valence-electron chi connectivity index (χ4n) is 2.26. The minimum atomic E-state index is -3.93. The van der Waals surface area contributed by atoms with E-state index in [1.54, 1.807) is 37.3 Å². The van der Waals surface area contributed by atoms with Gasteiger partial charge in [-0.05, 0) is 12.5 Å². The Labute approximate surface area is 147 Å². The van der Waals surface area contributed by atoms with Gasteiger partial charge in [0.05, 0.1) is 0 Å². The second-order valence-electron chi connectivity index (χ2n) is 6.99. The van der Waals surface area contributed by atoms with Crippen LogP contribution in [0.1, 0.15) is 49.4 Å². The van der Waals surface area contributed by atoms with Gasteiger partial charge < -0.3 is 9.63 Å². The molecule has 0 aliphatic heterocycles. The smallest absolute Gasteiger partial charge is 0.326 e. The minimum absolute atomic E-state index is 0.228. The zero-order chi connectivity index (χ0) is 18.8. The Morgan fingerprint density at radius 3 is 2.52 bits per heavy atom. The number of aryl methyl sites for hydroxylation is 1. The highest BCUT2D eigenvalue weighted by Gasteiger charge is 2.28. The van der Waals surface area contributed by atoms with Gasteiger partial charge in [0.15, 0.2) is 0 Å². The number of carboxylic acids is 1. The molecule has 1 aromatic heterocycles. The first kappa shape index (κ1) is 19.1. The predicted molar refractivity (Wildman–Crippen MR) is 92.5 cm³/mol. The van der Waals surface area contributed by atoms with E-state index >= 15 is 0 Å². The van der Waals surface area contributed by atoms with Crippen molar-refractivity contribution in [2.24, 2.45) is 0 Å². The molecule has 0 fully saturated rings. The number of hydrogen-bond donors (Lipinski definition) is 2. The molecule has 0 spiro atoms. The van der Waals surface area contributed by atoms with Crippen LogP contribution in [0, 0.1) is 6.92 Å². The molecular formula is C17H22N2O5S. The van der Waals surface area contributed by atoms with Crippen molar-refractivity contribution in [1.82, 2.24) is 9.88 Å². The first-order valence-corrected chi connectivity index (χ1v) is 9.38. The summed E-state index contributed by atoms with van der Waals surface area (Å²) in [4.78, 5) is 11.5. The summed E-state index contributed by atoms with van der Waals surface area (Å²) in [6.45, 7) is 7.56. The normalized spacial score (nSPS) is 13.6. The van der Waals surface area contributed by atoms with E-state index in [0.717, 1.165) is 5.56 Å². The van der Waals surface area contributed by atoms with Gasteiger partial charge in [-0.25, -0.2) is 8.42 Å². The average Bonchev–Trinajstić information content (AvgIpc) is 2.92. The number of benzene rings is 1. The van der Waals surface area contributed by atoms with Crippen LogP contribution in [0.15, 0.2) is 34.9 Å². The number of aliphatic carboxylic acids is 1. The van der Waals surface area contributed by atoms with Gasteiger partial charge in [0.1, 0.15) is 23.2 Å². The lowest BCUT2D eigenvalue weighted by atomic mass is 9.93. The van der Waals surface area contributed by atoms with E-state index in [4.69, 9.17) is 4.52 Å². The van der Waals surface area contributed by atoms with Gasteiger partial charge >= 0.3 is 5.97 Å². The van der Waals surface area contributed by atoms with Gasteiger partial charge in [-0.15, -0.1) is 0 Å². The van der Waals surface area contributed by atoms with E-state index in [9.17, 15) is 18.3 Å². The zero-order valence-corrected chi connectivity index (χ0v) is 15.4. The van der Waals surface area contributed by atoms with E-state index in [1.807, 2.05) is 20.8 Å². The number of hydrogen-bond acceptors (Lipinski definition) is 5. The summed E-state index contributed by atoms with van der Waals surface area (Å²) in [5, 5.41) is 13.2. The van der Waals surface area contributed by atoms with Crippen LogP contribution in [0.3, 0.4) is 0 Å². The van der Waals surface area contributed by atoms with Gasteiger partial charge in [0, 0.05) is 11.5 Å². The van der Waals surface area contributed by atoms with Crippen molar-refractivity contribution in [2.75, 3.05) is 0 Å². The van der Waals surface area contributed by atoms with Gasteiger partial charge in [-0.2, -0.15) is 4.72 Å². The molecule has 1 heterocycles. The second-order valence-corrected chi connectivity index (χ2v) is 8.75. The number of rotatable bonds is 6. The fourth-order valence-corrected chi connectivity index (χ4v) is 3.46. The van der Waals surface area contributed by atoms with Gasteiger partial charge in [0.25, 0.3) is 0 Å². The summed E-state index contributed by atoms with van der Waals surface area (Å²) in [6.07, 6.45) is 0. The number of aromatic nitrogens is 1. The summed E-state index contributed by atoms with van der Waals surface area (Å²) in [7, 11) is -3.93. The molecule has 0 aliphatic rings. The molecule has 136 valence electrons. The van der Waals surface area contributed by atoms with Crippen molar-refractivity contribution in [3.8, 4) is 0 Å². The van der Waals surface area contributed by atoms with Crippen LogP contribution in [-0.2, 0) is 26.0 Å². The Balaban J connectivity index is 2.20. The lowest BCUT2D eigenvalue weighted by Gasteiger charge is -2.15. The maximum atomic E-state index is 12.4. The molecule has 0 bridgehead atoms. The van der Waals surface area contributed by atoms with Crippen LogP contribution >= 0.6 is 0 Å². The SMILES string of the molecule is Cc1cccc(C(NS(=O)(=O)Cc2cc(C(C)(C)C)on2)C(=O)O)c1. The van der Waals surface area contributed by atoms with Crippen LogP contribution < -0.4 is 4.72 Å². The molecule has 0 saturated heterocycles. The van der Waals surface area contributed by atoms with E-state index in [1.165, 1.54) is 0 Å². The first-order chi connectivity index (χ1) is 11.5. The molecule has 25 heavy (non-hydrogen) atoms. The summed E-state index contributed by atoms with van der Waals surface area (Å²) in [5.41, 5.74) is 1.14. The second kappa shape index (κ2) is 6.97. The number of sulfonamides is 1.